The number of carbonyl (C=O) groups is 1. The molecule has 0 aromatic rings. The number of likely N-dealkylation sites (tertiary alicyclic amines) is 1. The topological polar surface area (TPSA) is 29.5 Å². The van der Waals surface area contributed by atoms with Crippen LogP contribution in [0.3, 0.4) is 0 Å². The summed E-state index contributed by atoms with van der Waals surface area (Å²) in [5.74, 6) is 0.158. The van der Waals surface area contributed by atoms with Crippen molar-refractivity contribution in [2.75, 3.05) is 19.6 Å². The first kappa shape index (κ1) is 18.0. The van der Waals surface area contributed by atoms with Crippen molar-refractivity contribution >= 4 is 5.97 Å². The lowest BCUT2D eigenvalue weighted by Gasteiger charge is -2.39. The van der Waals surface area contributed by atoms with E-state index in [-0.39, 0.29) is 28.8 Å². The second-order valence-electron chi connectivity index (χ2n) is 8.70. The highest BCUT2D eigenvalue weighted by Crippen LogP contribution is 2.66. The average molecular weight is 347 g/mol. The van der Waals surface area contributed by atoms with Crippen LogP contribution in [0.25, 0.3) is 0 Å². The first-order valence-corrected chi connectivity index (χ1v) is 9.02. The van der Waals surface area contributed by atoms with Crippen molar-refractivity contribution < 1.29 is 22.7 Å². The molecule has 0 unspecified atom stereocenters. The standard InChI is InChI=1S/C18H28F3NO2/c1-16(2)13-4-7-17(16,3)14(10-13)24-15(23)12-5-8-22(9-6-12)11-18(19,20)21/h12-14H,4-11H2,1-3H3/t13-,14+,17-/m0/s1. The van der Waals surface area contributed by atoms with Gasteiger partial charge in [0.15, 0.2) is 0 Å². The zero-order valence-electron chi connectivity index (χ0n) is 14.8. The van der Waals surface area contributed by atoms with Gasteiger partial charge in [0.1, 0.15) is 6.10 Å². The minimum atomic E-state index is -4.17. The molecule has 3 fully saturated rings. The molecule has 24 heavy (non-hydrogen) atoms. The van der Waals surface area contributed by atoms with E-state index < -0.39 is 12.7 Å². The van der Waals surface area contributed by atoms with Crippen LogP contribution in [0.1, 0.15) is 52.9 Å². The second kappa shape index (κ2) is 5.89. The van der Waals surface area contributed by atoms with Crippen LogP contribution in [0.5, 0.6) is 0 Å². The number of hydrogen-bond donors (Lipinski definition) is 0. The van der Waals surface area contributed by atoms with Gasteiger partial charge in [0.25, 0.3) is 0 Å². The van der Waals surface area contributed by atoms with Crippen LogP contribution in [0.4, 0.5) is 13.2 Å². The van der Waals surface area contributed by atoms with E-state index in [0.717, 1.165) is 12.8 Å². The molecule has 0 spiro atoms. The van der Waals surface area contributed by atoms with E-state index in [2.05, 4.69) is 20.8 Å². The molecule has 0 amide bonds. The highest BCUT2D eigenvalue weighted by Gasteiger charge is 2.63. The molecular weight excluding hydrogens is 319 g/mol. The van der Waals surface area contributed by atoms with Gasteiger partial charge in [0.2, 0.25) is 0 Å². The molecule has 3 nitrogen and oxygen atoms in total. The Morgan fingerprint density at radius 2 is 1.79 bits per heavy atom. The van der Waals surface area contributed by atoms with E-state index in [9.17, 15) is 18.0 Å². The Labute approximate surface area is 141 Å². The van der Waals surface area contributed by atoms with Gasteiger partial charge in [-0.1, -0.05) is 20.8 Å². The highest BCUT2D eigenvalue weighted by atomic mass is 19.4. The fraction of sp³-hybridized carbons (Fsp3) is 0.944. The van der Waals surface area contributed by atoms with Crippen LogP contribution in [0.2, 0.25) is 0 Å². The van der Waals surface area contributed by atoms with Crippen LogP contribution >= 0.6 is 0 Å². The fourth-order valence-electron chi connectivity index (χ4n) is 5.13. The molecule has 3 aliphatic rings. The van der Waals surface area contributed by atoms with Crippen molar-refractivity contribution in [3.8, 4) is 0 Å². The number of fused-ring (bicyclic) bond motifs is 2. The Hall–Kier alpha value is -0.780. The number of hydrogen-bond acceptors (Lipinski definition) is 3. The van der Waals surface area contributed by atoms with Crippen molar-refractivity contribution in [2.24, 2.45) is 22.7 Å². The summed E-state index contributed by atoms with van der Waals surface area (Å²) < 4.78 is 43.2. The molecule has 0 N–H and O–H groups in total. The SMILES string of the molecule is CC1(C)[C@H]2CC[C@@]1(C)[C@H](OC(=O)C1CCN(CC(F)(F)F)CC1)C2. The Bertz CT molecular complexity index is 497. The molecule has 1 saturated heterocycles. The number of alkyl halides is 3. The predicted molar refractivity (Wildman–Crippen MR) is 84.3 cm³/mol. The van der Waals surface area contributed by atoms with Crippen LogP contribution < -0.4 is 0 Å². The largest absolute Gasteiger partial charge is 0.462 e. The van der Waals surface area contributed by atoms with Gasteiger partial charge in [0, 0.05) is 5.41 Å². The summed E-state index contributed by atoms with van der Waals surface area (Å²) in [7, 11) is 0. The Kier molecular flexibility index (Phi) is 4.42. The van der Waals surface area contributed by atoms with Crippen molar-refractivity contribution in [1.29, 1.82) is 0 Å². The van der Waals surface area contributed by atoms with Crippen molar-refractivity contribution in [1.82, 2.24) is 4.90 Å². The van der Waals surface area contributed by atoms with Crippen LogP contribution in [-0.2, 0) is 9.53 Å². The van der Waals surface area contributed by atoms with E-state index in [1.54, 1.807) is 0 Å². The molecule has 0 radical (unpaired) electrons. The third-order valence-corrected chi connectivity index (χ3v) is 7.30. The molecule has 2 bridgehead atoms. The third-order valence-electron chi connectivity index (χ3n) is 7.30. The average Bonchev–Trinajstić information content (AvgIpc) is 2.79. The molecule has 2 saturated carbocycles. The van der Waals surface area contributed by atoms with Gasteiger partial charge in [-0.25, -0.2) is 0 Å². The zero-order valence-corrected chi connectivity index (χ0v) is 14.8. The van der Waals surface area contributed by atoms with E-state index in [1.165, 1.54) is 11.3 Å². The number of halogens is 3. The molecule has 3 rings (SSSR count). The van der Waals surface area contributed by atoms with Gasteiger partial charge < -0.3 is 4.74 Å². The highest BCUT2D eigenvalue weighted by molar-refractivity contribution is 5.73. The maximum Gasteiger partial charge on any atom is 0.401 e. The van der Waals surface area contributed by atoms with E-state index in [1.807, 2.05) is 0 Å². The quantitative estimate of drug-likeness (QED) is 0.722. The van der Waals surface area contributed by atoms with Crippen LogP contribution in [0, 0.1) is 22.7 Å². The summed E-state index contributed by atoms with van der Waals surface area (Å²) in [6.45, 7) is 6.52. The molecule has 3 atom stereocenters. The van der Waals surface area contributed by atoms with Gasteiger partial charge in [-0.15, -0.1) is 0 Å². The van der Waals surface area contributed by atoms with Crippen LogP contribution in [-0.4, -0.2) is 42.8 Å². The first-order chi connectivity index (χ1) is 11.0. The maximum atomic E-state index is 12.5. The predicted octanol–water partition coefficient (Wildman–Crippen LogP) is 4.02. The molecule has 0 aromatic carbocycles. The lowest BCUT2D eigenvalue weighted by atomic mass is 9.70. The van der Waals surface area contributed by atoms with Crippen molar-refractivity contribution in [3.63, 3.8) is 0 Å². The van der Waals surface area contributed by atoms with Crippen molar-refractivity contribution in [2.45, 2.75) is 65.2 Å². The molecule has 138 valence electrons. The van der Waals surface area contributed by atoms with Crippen LogP contribution in [0.15, 0.2) is 0 Å². The Balaban J connectivity index is 1.53. The number of piperidine rings is 1. The summed E-state index contributed by atoms with van der Waals surface area (Å²) >= 11 is 0. The maximum absolute atomic E-state index is 12.5. The minimum Gasteiger partial charge on any atom is -0.462 e. The molecule has 2 aliphatic carbocycles. The van der Waals surface area contributed by atoms with Crippen molar-refractivity contribution in [3.05, 3.63) is 0 Å². The lowest BCUT2D eigenvalue weighted by molar-refractivity contribution is -0.166. The number of rotatable bonds is 3. The lowest BCUT2D eigenvalue weighted by Crippen LogP contribution is -2.43. The second-order valence-corrected chi connectivity index (χ2v) is 8.70. The van der Waals surface area contributed by atoms with E-state index in [0.29, 0.717) is 31.8 Å². The van der Waals surface area contributed by atoms with Gasteiger partial charge in [-0.3, -0.25) is 9.69 Å². The summed E-state index contributed by atoms with van der Waals surface area (Å²) in [6.07, 6.45) is -0.0540. The summed E-state index contributed by atoms with van der Waals surface area (Å²) in [4.78, 5) is 13.9. The first-order valence-electron chi connectivity index (χ1n) is 9.02. The summed E-state index contributed by atoms with van der Waals surface area (Å²) in [5, 5.41) is 0. The smallest absolute Gasteiger partial charge is 0.401 e. The number of carbonyl (C=O) groups excluding carboxylic acids is 1. The van der Waals surface area contributed by atoms with Gasteiger partial charge in [-0.05, 0) is 56.5 Å². The number of esters is 1. The molecule has 1 heterocycles. The normalized spacial score (nSPS) is 36.9. The number of ether oxygens (including phenoxy) is 1. The summed E-state index contributed by atoms with van der Waals surface area (Å²) in [5.41, 5.74) is 0.221. The monoisotopic (exact) mass is 347 g/mol. The number of nitrogens with zero attached hydrogens (tertiary/aromatic N) is 1. The fourth-order valence-corrected chi connectivity index (χ4v) is 5.13. The third kappa shape index (κ3) is 3.06. The molecule has 0 aromatic heterocycles. The zero-order chi connectivity index (χ0) is 17.8. The van der Waals surface area contributed by atoms with Gasteiger partial charge in [0.05, 0.1) is 12.5 Å². The molecule has 1 aliphatic heterocycles. The Morgan fingerprint density at radius 3 is 2.25 bits per heavy atom. The molecular formula is C18H28F3NO2. The van der Waals surface area contributed by atoms with E-state index >= 15 is 0 Å². The van der Waals surface area contributed by atoms with Gasteiger partial charge >= 0.3 is 12.1 Å². The Morgan fingerprint density at radius 1 is 1.17 bits per heavy atom. The summed E-state index contributed by atoms with van der Waals surface area (Å²) in [6, 6.07) is 0. The van der Waals surface area contributed by atoms with Gasteiger partial charge in [-0.2, -0.15) is 13.2 Å². The minimum absolute atomic E-state index is 0.0321. The van der Waals surface area contributed by atoms with E-state index in [4.69, 9.17) is 4.74 Å². The molecule has 6 heteroatoms.